The molecule has 0 radical (unpaired) electrons. The Hall–Kier alpha value is -0.770. The number of carboxylic acids is 1. The number of carbonyl (C=O) groups is 1. The van der Waals surface area contributed by atoms with Gasteiger partial charge in [-0.1, -0.05) is 18.2 Å². The van der Waals surface area contributed by atoms with Crippen molar-refractivity contribution >= 4 is 16.9 Å². The van der Waals surface area contributed by atoms with Gasteiger partial charge in [-0.3, -0.25) is 0 Å². The van der Waals surface area contributed by atoms with Crippen molar-refractivity contribution in [1.29, 1.82) is 0 Å². The summed E-state index contributed by atoms with van der Waals surface area (Å²) >= 11 is 0. The molecule has 0 aliphatic heterocycles. The molecule has 0 spiro atoms. The van der Waals surface area contributed by atoms with Gasteiger partial charge < -0.3 is 11.0 Å². The van der Waals surface area contributed by atoms with Crippen LogP contribution in [0.5, 0.6) is 0 Å². The topological polar surface area (TPSA) is 50.4 Å². The second-order valence-electron chi connectivity index (χ2n) is 2.45. The summed E-state index contributed by atoms with van der Waals surface area (Å²) in [5, 5.41) is 9.36. The Balaban J connectivity index is 0.000000845. The summed E-state index contributed by atoms with van der Waals surface area (Å²) in [5.41, 5.74) is 0.820. The van der Waals surface area contributed by atoms with Gasteiger partial charge in [0.25, 0.3) is 0 Å². The first kappa shape index (κ1) is 10.3. The van der Waals surface area contributed by atoms with Crippen LogP contribution in [0.4, 0.5) is 0 Å². The van der Waals surface area contributed by atoms with Gasteiger partial charge >= 0.3 is 35.5 Å². The molecular weight excluding hydrogens is 179 g/mol. The van der Waals surface area contributed by atoms with Gasteiger partial charge in [0.05, 0.1) is 0 Å². The first-order valence-corrected chi connectivity index (χ1v) is 3.48. The van der Waals surface area contributed by atoms with Crippen molar-refractivity contribution in [3.63, 3.8) is 0 Å². The molecule has 0 fully saturated rings. The number of benzene rings is 1. The minimum Gasteiger partial charge on any atom is -1.00 e. The second kappa shape index (κ2) is 3.96. The first-order chi connectivity index (χ1) is 5.79. The van der Waals surface area contributed by atoms with Crippen molar-refractivity contribution in [3.05, 3.63) is 36.1 Å². The predicted octanol–water partition coefficient (Wildman–Crippen LogP) is -0.752. The van der Waals surface area contributed by atoms with E-state index in [9.17, 15) is 4.79 Å². The van der Waals surface area contributed by atoms with Crippen molar-refractivity contribution in [3.8, 4) is 0 Å². The number of hydrogen-bond acceptors (Lipinski definition) is 2. The smallest absolute Gasteiger partial charge is 1.00 e. The monoisotopic (exact) mass is 186 g/mol. The first-order valence-electron chi connectivity index (χ1n) is 3.48. The van der Waals surface area contributed by atoms with Gasteiger partial charge in [-0.15, -0.1) is 0 Å². The molecule has 2 rings (SSSR count). The van der Waals surface area contributed by atoms with Gasteiger partial charge in [0.2, 0.25) is 0 Å². The quantitative estimate of drug-likeness (QED) is 0.596. The fraction of sp³-hybridized carbons (Fsp3) is 0. The van der Waals surface area contributed by atoms with Crippen LogP contribution in [0.15, 0.2) is 34.9 Å². The van der Waals surface area contributed by atoms with Crippen LogP contribution in [-0.4, -0.2) is 11.1 Å². The van der Waals surface area contributed by atoms with Gasteiger partial charge in [-0.2, -0.15) is 0 Å². The van der Waals surface area contributed by atoms with Gasteiger partial charge in [-0.25, -0.2) is 4.79 Å². The molecule has 0 unspecified atom stereocenters. The third kappa shape index (κ3) is 1.77. The maximum Gasteiger partial charge on any atom is 1.00 e. The molecule has 0 amide bonds. The molecule has 4 heteroatoms. The number of hydrogen-bond donors (Lipinski definition) is 1. The van der Waals surface area contributed by atoms with Gasteiger partial charge in [0.1, 0.15) is 17.4 Å². The third-order valence-corrected chi connectivity index (χ3v) is 1.71. The van der Waals surface area contributed by atoms with Crippen LogP contribution in [0.25, 0.3) is 11.0 Å². The summed E-state index contributed by atoms with van der Waals surface area (Å²) in [6, 6.07) is 7.05. The van der Waals surface area contributed by atoms with Crippen LogP contribution in [-0.2, 0) is 0 Å². The zero-order valence-electron chi connectivity index (χ0n) is 8.15. The molecule has 0 saturated heterocycles. The molecule has 13 heavy (non-hydrogen) atoms. The fourth-order valence-electron chi connectivity index (χ4n) is 1.14. The molecule has 1 heterocycles. The summed E-state index contributed by atoms with van der Waals surface area (Å²) in [4.78, 5) is 10.6. The van der Waals surface area contributed by atoms with E-state index in [0.717, 1.165) is 0 Å². The van der Waals surface area contributed by atoms with E-state index >= 15 is 0 Å². The maximum absolute atomic E-state index is 10.6. The normalized spacial score (nSPS) is 9.54. The van der Waals surface area contributed by atoms with Crippen molar-refractivity contribution in [2.75, 3.05) is 0 Å². The Morgan fingerprint density at radius 1 is 1.38 bits per heavy atom. The van der Waals surface area contributed by atoms with Crippen LogP contribution in [0.2, 0.25) is 0 Å². The molecule has 0 aliphatic rings. The SMILES string of the molecule is O=C(O)c1coc2ccccc12.[H-].[Na+]. The molecule has 3 nitrogen and oxygen atoms in total. The average molecular weight is 186 g/mol. The van der Waals surface area contributed by atoms with Crippen molar-refractivity contribution < 1.29 is 45.3 Å². The van der Waals surface area contributed by atoms with E-state index in [-0.39, 0.29) is 36.5 Å². The summed E-state index contributed by atoms with van der Waals surface area (Å²) in [6.07, 6.45) is 1.26. The van der Waals surface area contributed by atoms with E-state index in [4.69, 9.17) is 9.52 Å². The Morgan fingerprint density at radius 2 is 2.08 bits per heavy atom. The summed E-state index contributed by atoms with van der Waals surface area (Å²) in [6.45, 7) is 0. The summed E-state index contributed by atoms with van der Waals surface area (Å²) < 4.78 is 5.03. The molecule has 0 saturated carbocycles. The molecule has 62 valence electrons. The van der Waals surface area contributed by atoms with Gasteiger partial charge in [-0.05, 0) is 6.07 Å². The van der Waals surface area contributed by atoms with E-state index < -0.39 is 5.97 Å². The number of carboxylic acid groups (broad SMARTS) is 1. The Bertz CT molecular complexity index is 438. The van der Waals surface area contributed by atoms with Crippen LogP contribution in [0.3, 0.4) is 0 Å². The maximum atomic E-state index is 10.6. The molecule has 1 aromatic heterocycles. The Morgan fingerprint density at radius 3 is 2.77 bits per heavy atom. The summed E-state index contributed by atoms with van der Waals surface area (Å²) in [7, 11) is 0. The van der Waals surface area contributed by atoms with Crippen molar-refractivity contribution in [2.45, 2.75) is 0 Å². The van der Waals surface area contributed by atoms with E-state index in [2.05, 4.69) is 0 Å². The molecular formula is C9H7NaO3. The molecule has 0 aliphatic carbocycles. The van der Waals surface area contributed by atoms with E-state index in [1.54, 1.807) is 24.3 Å². The van der Waals surface area contributed by atoms with Crippen LogP contribution in [0, 0.1) is 0 Å². The van der Waals surface area contributed by atoms with E-state index in [0.29, 0.717) is 11.0 Å². The second-order valence-corrected chi connectivity index (χ2v) is 2.45. The standard InChI is InChI=1S/C9H6O3.Na.H/c10-9(11)7-5-12-8-4-2-1-3-6(7)8;;/h1-5H,(H,10,11);;/q;+1;-1. The number of aromatic carboxylic acids is 1. The minimum absolute atomic E-state index is 0. The average Bonchev–Trinajstić information content (AvgIpc) is 2.47. The Kier molecular flexibility index (Phi) is 3.14. The molecule has 1 aromatic carbocycles. The van der Waals surface area contributed by atoms with Gasteiger partial charge in [0.15, 0.2) is 0 Å². The molecule has 1 N–H and O–H groups in total. The fourth-order valence-corrected chi connectivity index (χ4v) is 1.14. The van der Waals surface area contributed by atoms with Crippen LogP contribution < -0.4 is 29.6 Å². The zero-order valence-corrected chi connectivity index (χ0v) is 9.15. The third-order valence-electron chi connectivity index (χ3n) is 1.71. The van der Waals surface area contributed by atoms with Crippen molar-refractivity contribution in [2.24, 2.45) is 0 Å². The number of furan rings is 1. The summed E-state index contributed by atoms with van der Waals surface area (Å²) in [5.74, 6) is -0.958. The Labute approximate surface area is 98.1 Å². The molecule has 0 bridgehead atoms. The van der Waals surface area contributed by atoms with E-state index in [1.165, 1.54) is 6.26 Å². The predicted molar refractivity (Wildman–Crippen MR) is 44.3 cm³/mol. The van der Waals surface area contributed by atoms with E-state index in [1.807, 2.05) is 0 Å². The van der Waals surface area contributed by atoms with Crippen LogP contribution >= 0.6 is 0 Å². The number of fused-ring (bicyclic) bond motifs is 1. The minimum atomic E-state index is -0.958. The number of rotatable bonds is 1. The van der Waals surface area contributed by atoms with Gasteiger partial charge in [0, 0.05) is 5.39 Å². The zero-order chi connectivity index (χ0) is 8.55. The van der Waals surface area contributed by atoms with Crippen LogP contribution in [0.1, 0.15) is 11.8 Å². The molecule has 0 atom stereocenters. The molecule has 2 aromatic rings. The number of para-hydroxylation sites is 1. The van der Waals surface area contributed by atoms with Crippen molar-refractivity contribution in [1.82, 2.24) is 0 Å². The largest absolute Gasteiger partial charge is 1.00 e.